The van der Waals surface area contributed by atoms with Crippen molar-refractivity contribution in [2.24, 2.45) is 0 Å². The predicted octanol–water partition coefficient (Wildman–Crippen LogP) is 3.70. The highest BCUT2D eigenvalue weighted by molar-refractivity contribution is 5.43. The van der Waals surface area contributed by atoms with Crippen molar-refractivity contribution in [3.05, 3.63) is 42.6 Å². The first-order valence-corrected chi connectivity index (χ1v) is 6.33. The number of rotatable bonds is 6. The molecule has 1 N–H and O–H groups in total. The zero-order valence-electron chi connectivity index (χ0n) is 11.2. The van der Waals surface area contributed by atoms with E-state index >= 15 is 0 Å². The van der Waals surface area contributed by atoms with E-state index in [9.17, 15) is 0 Å². The number of benzene rings is 1. The third kappa shape index (κ3) is 3.88. The molecule has 2 aromatic rings. The molecule has 2 rings (SSSR count). The smallest absolute Gasteiger partial charge is 0.132 e. The second kappa shape index (κ2) is 6.64. The number of nitrogens with zero attached hydrogens (tertiary/aromatic N) is 1. The first-order chi connectivity index (χ1) is 9.31. The van der Waals surface area contributed by atoms with Gasteiger partial charge in [-0.1, -0.05) is 13.0 Å². The van der Waals surface area contributed by atoms with Crippen molar-refractivity contribution in [2.45, 2.75) is 13.3 Å². The summed E-state index contributed by atoms with van der Waals surface area (Å²) in [6, 6.07) is 11.2. The molecule has 0 aliphatic rings. The van der Waals surface area contributed by atoms with Crippen LogP contribution in [0.5, 0.6) is 17.2 Å². The number of hydrogen-bond donors (Lipinski definition) is 1. The number of aromatic nitrogens is 1. The fourth-order valence-corrected chi connectivity index (χ4v) is 1.63. The Bertz CT molecular complexity index is 529. The maximum Gasteiger partial charge on any atom is 0.132 e. The topological polar surface area (TPSA) is 43.4 Å². The summed E-state index contributed by atoms with van der Waals surface area (Å²) in [6.07, 6.45) is 2.79. The Hall–Kier alpha value is -2.23. The summed E-state index contributed by atoms with van der Waals surface area (Å²) < 4.78 is 10.9. The van der Waals surface area contributed by atoms with Gasteiger partial charge in [-0.2, -0.15) is 0 Å². The van der Waals surface area contributed by atoms with Gasteiger partial charge in [0.05, 0.1) is 7.11 Å². The maximum absolute atomic E-state index is 5.78. The van der Waals surface area contributed by atoms with Crippen molar-refractivity contribution in [1.82, 2.24) is 4.98 Å². The van der Waals surface area contributed by atoms with Gasteiger partial charge in [-0.05, 0) is 24.6 Å². The van der Waals surface area contributed by atoms with Crippen LogP contribution >= 0.6 is 0 Å². The van der Waals surface area contributed by atoms with E-state index in [-0.39, 0.29) is 0 Å². The van der Waals surface area contributed by atoms with Gasteiger partial charge in [-0.15, -0.1) is 0 Å². The highest BCUT2D eigenvalue weighted by atomic mass is 16.5. The molecule has 0 amide bonds. The SMILES string of the molecule is CCCNc1cc(Oc2cccc(OC)c2)ccn1. The van der Waals surface area contributed by atoms with Crippen LogP contribution in [0.15, 0.2) is 42.6 Å². The molecule has 1 heterocycles. The monoisotopic (exact) mass is 258 g/mol. The minimum absolute atomic E-state index is 0.743. The number of hydrogen-bond acceptors (Lipinski definition) is 4. The lowest BCUT2D eigenvalue weighted by molar-refractivity contribution is 0.409. The molecular formula is C15H18N2O2. The molecule has 100 valence electrons. The normalized spacial score (nSPS) is 10.0. The third-order valence-corrected chi connectivity index (χ3v) is 2.56. The van der Waals surface area contributed by atoms with E-state index in [1.54, 1.807) is 13.3 Å². The van der Waals surface area contributed by atoms with E-state index in [1.807, 2.05) is 36.4 Å². The van der Waals surface area contributed by atoms with Crippen LogP contribution in [0.3, 0.4) is 0 Å². The van der Waals surface area contributed by atoms with E-state index < -0.39 is 0 Å². The molecular weight excluding hydrogens is 240 g/mol. The summed E-state index contributed by atoms with van der Waals surface area (Å²) in [5.74, 6) is 3.09. The molecule has 0 saturated carbocycles. The number of ether oxygens (including phenoxy) is 2. The second-order valence-electron chi connectivity index (χ2n) is 4.08. The van der Waals surface area contributed by atoms with Crippen molar-refractivity contribution in [1.29, 1.82) is 0 Å². The zero-order chi connectivity index (χ0) is 13.5. The molecule has 0 bridgehead atoms. The van der Waals surface area contributed by atoms with Gasteiger partial charge in [0.15, 0.2) is 0 Å². The molecule has 1 aromatic carbocycles. The van der Waals surface area contributed by atoms with E-state index in [0.29, 0.717) is 0 Å². The Kier molecular flexibility index (Phi) is 4.61. The average Bonchev–Trinajstić information content (AvgIpc) is 2.46. The minimum atomic E-state index is 0.743. The Labute approximate surface area is 113 Å². The van der Waals surface area contributed by atoms with E-state index in [0.717, 1.165) is 36.0 Å². The fourth-order valence-electron chi connectivity index (χ4n) is 1.63. The van der Waals surface area contributed by atoms with Gasteiger partial charge in [0.25, 0.3) is 0 Å². The summed E-state index contributed by atoms with van der Waals surface area (Å²) >= 11 is 0. The molecule has 0 atom stereocenters. The van der Waals surface area contributed by atoms with Gasteiger partial charge in [0, 0.05) is 24.9 Å². The van der Waals surface area contributed by atoms with Crippen LogP contribution < -0.4 is 14.8 Å². The number of pyridine rings is 1. The van der Waals surface area contributed by atoms with Gasteiger partial charge >= 0.3 is 0 Å². The first kappa shape index (κ1) is 13.2. The first-order valence-electron chi connectivity index (χ1n) is 6.33. The van der Waals surface area contributed by atoms with Crippen LogP contribution in [0.1, 0.15) is 13.3 Å². The quantitative estimate of drug-likeness (QED) is 0.857. The Morgan fingerprint density at radius 2 is 1.89 bits per heavy atom. The lowest BCUT2D eigenvalue weighted by Crippen LogP contribution is -2.01. The van der Waals surface area contributed by atoms with Gasteiger partial charge in [-0.25, -0.2) is 4.98 Å². The molecule has 0 unspecified atom stereocenters. The van der Waals surface area contributed by atoms with Crippen molar-refractivity contribution in [3.8, 4) is 17.2 Å². The lowest BCUT2D eigenvalue weighted by Gasteiger charge is -2.09. The second-order valence-corrected chi connectivity index (χ2v) is 4.08. The van der Waals surface area contributed by atoms with Gasteiger partial charge in [0.1, 0.15) is 23.1 Å². The summed E-state index contributed by atoms with van der Waals surface area (Å²) in [5, 5.41) is 3.23. The standard InChI is InChI=1S/C15H18N2O2/c1-3-8-16-15-11-14(7-9-17-15)19-13-6-4-5-12(10-13)18-2/h4-7,9-11H,3,8H2,1-2H3,(H,16,17). The summed E-state index contributed by atoms with van der Waals surface area (Å²) in [7, 11) is 1.64. The van der Waals surface area contributed by atoms with Crippen molar-refractivity contribution in [3.63, 3.8) is 0 Å². The highest BCUT2D eigenvalue weighted by Gasteiger charge is 2.01. The molecule has 0 radical (unpaired) electrons. The van der Waals surface area contributed by atoms with Crippen LogP contribution in [-0.4, -0.2) is 18.6 Å². The fraction of sp³-hybridized carbons (Fsp3) is 0.267. The van der Waals surface area contributed by atoms with E-state index in [4.69, 9.17) is 9.47 Å². The molecule has 0 aliphatic carbocycles. The van der Waals surface area contributed by atoms with Crippen molar-refractivity contribution in [2.75, 3.05) is 19.0 Å². The third-order valence-electron chi connectivity index (χ3n) is 2.56. The van der Waals surface area contributed by atoms with Crippen LogP contribution in [-0.2, 0) is 0 Å². The summed E-state index contributed by atoms with van der Waals surface area (Å²) in [6.45, 7) is 3.01. The van der Waals surface area contributed by atoms with Gasteiger partial charge in [-0.3, -0.25) is 0 Å². The van der Waals surface area contributed by atoms with Crippen LogP contribution in [0.4, 0.5) is 5.82 Å². The predicted molar refractivity (Wildman–Crippen MR) is 76.1 cm³/mol. The van der Waals surface area contributed by atoms with Crippen molar-refractivity contribution >= 4 is 5.82 Å². The average molecular weight is 258 g/mol. The molecule has 1 aromatic heterocycles. The van der Waals surface area contributed by atoms with Gasteiger partial charge < -0.3 is 14.8 Å². The summed E-state index contributed by atoms with van der Waals surface area (Å²) in [4.78, 5) is 4.24. The lowest BCUT2D eigenvalue weighted by atomic mass is 10.3. The molecule has 19 heavy (non-hydrogen) atoms. The number of methoxy groups -OCH3 is 1. The van der Waals surface area contributed by atoms with Crippen molar-refractivity contribution < 1.29 is 9.47 Å². The molecule has 0 spiro atoms. The van der Waals surface area contributed by atoms with E-state index in [1.165, 1.54) is 0 Å². The molecule has 0 aliphatic heterocycles. The minimum Gasteiger partial charge on any atom is -0.497 e. The van der Waals surface area contributed by atoms with Crippen LogP contribution in [0, 0.1) is 0 Å². The molecule has 4 heteroatoms. The molecule has 4 nitrogen and oxygen atoms in total. The van der Waals surface area contributed by atoms with E-state index in [2.05, 4.69) is 17.2 Å². The molecule has 0 saturated heterocycles. The van der Waals surface area contributed by atoms with Gasteiger partial charge in [0.2, 0.25) is 0 Å². The number of nitrogens with one attached hydrogen (secondary N) is 1. The Balaban J connectivity index is 2.09. The number of anilines is 1. The Morgan fingerprint density at radius 1 is 1.11 bits per heavy atom. The Morgan fingerprint density at radius 3 is 2.68 bits per heavy atom. The summed E-state index contributed by atoms with van der Waals surface area (Å²) in [5.41, 5.74) is 0. The van der Waals surface area contributed by atoms with Crippen LogP contribution in [0.25, 0.3) is 0 Å². The maximum atomic E-state index is 5.78. The largest absolute Gasteiger partial charge is 0.497 e. The highest BCUT2D eigenvalue weighted by Crippen LogP contribution is 2.25. The molecule has 0 fully saturated rings. The zero-order valence-corrected chi connectivity index (χ0v) is 11.2. The van der Waals surface area contributed by atoms with Crippen LogP contribution in [0.2, 0.25) is 0 Å².